The normalized spacial score (nSPS) is 10.8. The molecule has 0 spiro atoms. The summed E-state index contributed by atoms with van der Waals surface area (Å²) in [4.78, 5) is 0. The van der Waals surface area contributed by atoms with Crippen LogP contribution in [-0.4, -0.2) is 4.57 Å². The van der Waals surface area contributed by atoms with Crippen LogP contribution >= 0.6 is 11.6 Å². The Morgan fingerprint density at radius 2 is 2.20 bits per heavy atom. The fourth-order valence-electron chi connectivity index (χ4n) is 1.68. The second-order valence-electron chi connectivity index (χ2n) is 3.92. The fraction of sp³-hybridized carbons (Fsp3) is 0.231. The second-order valence-corrected chi connectivity index (χ2v) is 4.36. The maximum atomic E-state index is 5.93. The molecule has 78 valence electrons. The van der Waals surface area contributed by atoms with Crippen molar-refractivity contribution in [3.05, 3.63) is 47.6 Å². The van der Waals surface area contributed by atoms with E-state index in [4.69, 9.17) is 11.6 Å². The molecule has 0 saturated carbocycles. The van der Waals surface area contributed by atoms with Gasteiger partial charge in [0.2, 0.25) is 0 Å². The van der Waals surface area contributed by atoms with Crippen LogP contribution in [0.5, 0.6) is 0 Å². The van der Waals surface area contributed by atoms with Crippen molar-refractivity contribution in [1.82, 2.24) is 4.57 Å². The van der Waals surface area contributed by atoms with E-state index in [-0.39, 0.29) is 0 Å². The van der Waals surface area contributed by atoms with Crippen molar-refractivity contribution in [3.63, 3.8) is 0 Å². The van der Waals surface area contributed by atoms with Gasteiger partial charge in [0.05, 0.1) is 0 Å². The minimum atomic E-state index is 0.792. The van der Waals surface area contributed by atoms with E-state index in [1.54, 1.807) is 0 Å². The monoisotopic (exact) mass is 219 g/mol. The lowest BCUT2D eigenvalue weighted by Gasteiger charge is -2.04. The molecule has 1 nitrogen and oxygen atoms in total. The van der Waals surface area contributed by atoms with Crippen molar-refractivity contribution in [2.24, 2.45) is 0 Å². The summed E-state index contributed by atoms with van der Waals surface area (Å²) >= 11 is 5.93. The molecular formula is C13H14ClN. The molecule has 0 radical (unpaired) electrons. The van der Waals surface area contributed by atoms with Crippen molar-refractivity contribution >= 4 is 22.5 Å². The molecule has 2 rings (SSSR count). The van der Waals surface area contributed by atoms with E-state index in [1.165, 1.54) is 16.5 Å². The first-order chi connectivity index (χ1) is 7.16. The van der Waals surface area contributed by atoms with Gasteiger partial charge >= 0.3 is 0 Å². The first-order valence-corrected chi connectivity index (χ1v) is 5.43. The van der Waals surface area contributed by atoms with Gasteiger partial charge in [0, 0.05) is 28.7 Å². The third kappa shape index (κ3) is 2.24. The van der Waals surface area contributed by atoms with Crippen LogP contribution in [0.3, 0.4) is 0 Å². The molecule has 0 aliphatic carbocycles. The predicted octanol–water partition coefficient (Wildman–Crippen LogP) is 4.26. The zero-order chi connectivity index (χ0) is 10.8. The van der Waals surface area contributed by atoms with Crippen LogP contribution in [0.25, 0.3) is 10.9 Å². The van der Waals surface area contributed by atoms with Gasteiger partial charge in [-0.2, -0.15) is 0 Å². The van der Waals surface area contributed by atoms with E-state index in [9.17, 15) is 0 Å². The van der Waals surface area contributed by atoms with Gasteiger partial charge in [0.15, 0.2) is 0 Å². The van der Waals surface area contributed by atoms with Crippen molar-refractivity contribution in [1.29, 1.82) is 0 Å². The summed E-state index contributed by atoms with van der Waals surface area (Å²) in [6.45, 7) is 6.96. The highest BCUT2D eigenvalue weighted by Gasteiger charge is 2.00. The number of rotatable bonds is 3. The number of aryl methyl sites for hydroxylation is 1. The highest BCUT2D eigenvalue weighted by Crippen LogP contribution is 2.21. The molecule has 0 aliphatic rings. The molecule has 2 aromatic rings. The number of hydrogen-bond acceptors (Lipinski definition) is 0. The van der Waals surface area contributed by atoms with Gasteiger partial charge in [0.25, 0.3) is 0 Å². The topological polar surface area (TPSA) is 4.93 Å². The molecular weight excluding hydrogens is 206 g/mol. The zero-order valence-corrected chi connectivity index (χ0v) is 9.59. The number of hydrogen-bond donors (Lipinski definition) is 0. The van der Waals surface area contributed by atoms with Crippen LogP contribution in [-0.2, 0) is 6.54 Å². The fourth-order valence-corrected chi connectivity index (χ4v) is 1.86. The second kappa shape index (κ2) is 4.11. The number of fused-ring (bicyclic) bond motifs is 1. The molecule has 0 unspecified atom stereocenters. The lowest BCUT2D eigenvalue weighted by Crippen LogP contribution is -1.95. The number of aromatic nitrogens is 1. The highest BCUT2D eigenvalue weighted by atomic mass is 35.5. The summed E-state index contributed by atoms with van der Waals surface area (Å²) < 4.78 is 2.24. The number of benzene rings is 1. The van der Waals surface area contributed by atoms with E-state index in [1.807, 2.05) is 12.1 Å². The summed E-state index contributed by atoms with van der Waals surface area (Å²) in [6, 6.07) is 8.09. The smallest absolute Gasteiger partial charge is 0.0481 e. The Morgan fingerprint density at radius 1 is 1.40 bits per heavy atom. The molecule has 0 fully saturated rings. The quantitative estimate of drug-likeness (QED) is 0.680. The average Bonchev–Trinajstić information content (AvgIpc) is 2.57. The van der Waals surface area contributed by atoms with E-state index in [0.29, 0.717) is 0 Å². The van der Waals surface area contributed by atoms with Crippen molar-refractivity contribution in [3.8, 4) is 0 Å². The van der Waals surface area contributed by atoms with Crippen LogP contribution in [0, 0.1) is 0 Å². The Morgan fingerprint density at radius 3 is 2.93 bits per heavy atom. The molecule has 0 saturated heterocycles. The molecule has 1 heterocycles. The van der Waals surface area contributed by atoms with Crippen LogP contribution in [0.4, 0.5) is 0 Å². The summed E-state index contributed by atoms with van der Waals surface area (Å²) in [5, 5.41) is 1.99. The lowest BCUT2D eigenvalue weighted by molar-refractivity contribution is 0.719. The van der Waals surface area contributed by atoms with E-state index in [2.05, 4.69) is 36.4 Å². The number of halogens is 1. The summed E-state index contributed by atoms with van der Waals surface area (Å²) in [6.07, 6.45) is 3.12. The largest absolute Gasteiger partial charge is 0.347 e. The van der Waals surface area contributed by atoms with Gasteiger partial charge in [-0.1, -0.05) is 17.2 Å². The first kappa shape index (κ1) is 10.3. The molecule has 2 heteroatoms. The van der Waals surface area contributed by atoms with Gasteiger partial charge in [-0.25, -0.2) is 0 Å². The van der Waals surface area contributed by atoms with Crippen molar-refractivity contribution in [2.75, 3.05) is 0 Å². The maximum absolute atomic E-state index is 5.93. The first-order valence-electron chi connectivity index (χ1n) is 5.05. The molecule has 0 aliphatic heterocycles. The standard InChI is InChI=1S/C13H14ClN/c1-10(2)5-7-15-8-6-11-9-12(14)3-4-13(11)15/h3-4,6,8-9H,1,5,7H2,2H3. The van der Waals surface area contributed by atoms with Crippen LogP contribution in [0.2, 0.25) is 5.02 Å². The zero-order valence-electron chi connectivity index (χ0n) is 8.83. The van der Waals surface area contributed by atoms with Crippen LogP contribution < -0.4 is 0 Å². The van der Waals surface area contributed by atoms with E-state index < -0.39 is 0 Å². The molecule has 0 N–H and O–H groups in total. The Hall–Kier alpha value is -1.21. The molecule has 1 aromatic heterocycles. The van der Waals surface area contributed by atoms with E-state index in [0.717, 1.165) is 18.0 Å². The summed E-state index contributed by atoms with van der Waals surface area (Å²) in [5.41, 5.74) is 2.45. The molecule has 0 atom stereocenters. The van der Waals surface area contributed by atoms with Gasteiger partial charge in [-0.05, 0) is 37.6 Å². The van der Waals surface area contributed by atoms with Crippen molar-refractivity contribution in [2.45, 2.75) is 19.9 Å². The molecule has 1 aromatic carbocycles. The van der Waals surface area contributed by atoms with Crippen LogP contribution in [0.1, 0.15) is 13.3 Å². The molecule has 15 heavy (non-hydrogen) atoms. The van der Waals surface area contributed by atoms with Gasteiger partial charge in [-0.15, -0.1) is 6.58 Å². The minimum absolute atomic E-state index is 0.792. The average molecular weight is 220 g/mol. The summed E-state index contributed by atoms with van der Waals surface area (Å²) in [7, 11) is 0. The third-order valence-corrected chi connectivity index (χ3v) is 2.75. The number of nitrogens with zero attached hydrogens (tertiary/aromatic N) is 1. The predicted molar refractivity (Wildman–Crippen MR) is 66.4 cm³/mol. The van der Waals surface area contributed by atoms with Crippen LogP contribution in [0.15, 0.2) is 42.6 Å². The van der Waals surface area contributed by atoms with Gasteiger partial charge in [-0.3, -0.25) is 0 Å². The number of allylic oxidation sites excluding steroid dienone is 1. The molecule has 0 bridgehead atoms. The Bertz CT molecular complexity index is 496. The van der Waals surface area contributed by atoms with Gasteiger partial charge in [0.1, 0.15) is 0 Å². The lowest BCUT2D eigenvalue weighted by atomic mass is 10.2. The Kier molecular flexibility index (Phi) is 2.83. The summed E-state index contributed by atoms with van der Waals surface area (Å²) in [5.74, 6) is 0. The molecule has 0 amide bonds. The third-order valence-electron chi connectivity index (χ3n) is 2.51. The Labute approximate surface area is 95.0 Å². The minimum Gasteiger partial charge on any atom is -0.347 e. The Balaban J connectivity index is 2.32. The van der Waals surface area contributed by atoms with Crippen molar-refractivity contribution < 1.29 is 0 Å². The SMILES string of the molecule is C=C(C)CCn1ccc2cc(Cl)ccc21. The highest BCUT2D eigenvalue weighted by molar-refractivity contribution is 6.31. The van der Waals surface area contributed by atoms with E-state index >= 15 is 0 Å². The maximum Gasteiger partial charge on any atom is 0.0481 e. The van der Waals surface area contributed by atoms with Gasteiger partial charge < -0.3 is 4.57 Å².